The van der Waals surface area contributed by atoms with E-state index in [1.807, 2.05) is 0 Å². The molecule has 54 heavy (non-hydrogen) atoms. The number of anilines is 1. The van der Waals surface area contributed by atoms with Crippen LogP contribution in [0, 0.1) is 11.8 Å². The quantitative estimate of drug-likeness (QED) is 0.128. The van der Waals surface area contributed by atoms with Crippen molar-refractivity contribution < 1.29 is 52.7 Å². The lowest BCUT2D eigenvalue weighted by Crippen LogP contribution is -2.40. The maximum absolute atomic E-state index is 13.0. The van der Waals surface area contributed by atoms with E-state index in [9.17, 15) is 38.5 Å². The fraction of sp³-hybridized carbons (Fsp3) is 0.364. The van der Waals surface area contributed by atoms with Crippen molar-refractivity contribution in [3.63, 3.8) is 0 Å². The van der Waals surface area contributed by atoms with Crippen LogP contribution in [-0.2, 0) is 58.1 Å². The van der Waals surface area contributed by atoms with Crippen LogP contribution in [0.5, 0.6) is 0 Å². The van der Waals surface area contributed by atoms with Crippen LogP contribution in [0.4, 0.5) is 5.69 Å². The zero-order chi connectivity index (χ0) is 39.6. The van der Waals surface area contributed by atoms with Gasteiger partial charge in [0.15, 0.2) is 0 Å². The van der Waals surface area contributed by atoms with Gasteiger partial charge in [-0.1, -0.05) is 23.4 Å². The maximum atomic E-state index is 13.0. The fourth-order valence-corrected chi connectivity index (χ4v) is 9.77. The van der Waals surface area contributed by atoms with Gasteiger partial charge in [0.2, 0.25) is 20.0 Å². The standard InChI is InChI=1S/C23H25ClN2O7S2.C10H12ClNO5S2/c1-32-23(27)6-4-2-3-5-18-17-19(24)7-12-22(18)25-34(28,29)20-8-10-21(11-9-20)35(30,31)26-13-15-33-16-14-26;11-18(13,14)9-1-3-10(4-2-9)19(15,16)12-5-7-17-8-6-12/h7-12,17,25H,2,4,6,13-16H2,1H3;1-4H,5-8H2. The van der Waals surface area contributed by atoms with Crippen LogP contribution >= 0.6 is 22.3 Å². The van der Waals surface area contributed by atoms with Gasteiger partial charge in [0.25, 0.3) is 19.1 Å². The molecule has 3 aromatic rings. The van der Waals surface area contributed by atoms with Crippen molar-refractivity contribution in [1.29, 1.82) is 0 Å². The molecule has 0 aliphatic carbocycles. The Morgan fingerprint density at radius 2 is 1.20 bits per heavy atom. The number of halogens is 2. The minimum atomic E-state index is -4.04. The Bertz CT molecular complexity index is 2290. The number of carbonyl (C=O) groups excluding carboxylic acids is 1. The summed E-state index contributed by atoms with van der Waals surface area (Å²) in [5, 5.41) is 0.379. The molecule has 15 nitrogen and oxygen atoms in total. The van der Waals surface area contributed by atoms with Gasteiger partial charge >= 0.3 is 5.97 Å². The first-order valence-electron chi connectivity index (χ1n) is 16.1. The molecule has 5 rings (SSSR count). The number of unbranched alkanes of at least 4 members (excludes halogenated alkanes) is 1. The Balaban J connectivity index is 0.000000287. The number of nitrogens with zero attached hydrogens (tertiary/aromatic N) is 2. The van der Waals surface area contributed by atoms with Crippen molar-refractivity contribution in [2.24, 2.45) is 0 Å². The van der Waals surface area contributed by atoms with E-state index in [1.54, 1.807) is 0 Å². The Morgan fingerprint density at radius 3 is 1.67 bits per heavy atom. The summed E-state index contributed by atoms with van der Waals surface area (Å²) >= 11 is 6.05. The molecule has 0 radical (unpaired) electrons. The van der Waals surface area contributed by atoms with Crippen LogP contribution in [-0.4, -0.2) is 108 Å². The van der Waals surface area contributed by atoms with Crippen molar-refractivity contribution in [3.05, 3.63) is 77.3 Å². The predicted octanol–water partition coefficient (Wildman–Crippen LogP) is 3.49. The average molecular weight is 867 g/mol. The topological polar surface area (TPSA) is 200 Å². The summed E-state index contributed by atoms with van der Waals surface area (Å²) < 4.78 is 118. The fourth-order valence-electron chi connectivity index (χ4n) is 4.93. The third kappa shape index (κ3) is 11.9. The number of carbonyl (C=O) groups is 1. The van der Waals surface area contributed by atoms with Gasteiger partial charge in [0.1, 0.15) is 0 Å². The molecule has 0 bridgehead atoms. The Hall–Kier alpha value is -3.29. The van der Waals surface area contributed by atoms with E-state index >= 15 is 0 Å². The van der Waals surface area contributed by atoms with Crippen LogP contribution in [0.1, 0.15) is 24.8 Å². The van der Waals surface area contributed by atoms with E-state index < -0.39 is 39.1 Å². The molecule has 1 N–H and O–H groups in total. The molecule has 2 fully saturated rings. The Labute approximate surface area is 325 Å². The van der Waals surface area contributed by atoms with Crippen molar-refractivity contribution in [2.45, 2.75) is 38.8 Å². The van der Waals surface area contributed by atoms with Crippen molar-refractivity contribution in [3.8, 4) is 11.8 Å². The molecule has 0 spiro atoms. The highest BCUT2D eigenvalue weighted by molar-refractivity contribution is 8.13. The van der Waals surface area contributed by atoms with Gasteiger partial charge in [-0.05, 0) is 73.2 Å². The highest BCUT2D eigenvalue weighted by Gasteiger charge is 2.28. The molecule has 21 heteroatoms. The van der Waals surface area contributed by atoms with Crippen LogP contribution in [0.15, 0.2) is 86.3 Å². The number of methoxy groups -OCH3 is 1. The number of benzene rings is 3. The average Bonchev–Trinajstić information content (AvgIpc) is 3.16. The maximum Gasteiger partial charge on any atom is 0.305 e. The number of hydrogen-bond donors (Lipinski definition) is 1. The first kappa shape index (κ1) is 43.4. The number of hydrogen-bond acceptors (Lipinski definition) is 12. The van der Waals surface area contributed by atoms with Gasteiger partial charge in [-0.15, -0.1) is 0 Å². The van der Waals surface area contributed by atoms with Gasteiger partial charge < -0.3 is 14.2 Å². The summed E-state index contributed by atoms with van der Waals surface area (Å²) in [7, 11) is -8.75. The van der Waals surface area contributed by atoms with Crippen molar-refractivity contribution in [2.75, 3.05) is 64.4 Å². The third-order valence-corrected chi connectivity index (χ3v) is 14.6. The number of nitrogens with one attached hydrogen (secondary N) is 1. The summed E-state index contributed by atoms with van der Waals surface area (Å²) in [5.74, 6) is 5.45. The summed E-state index contributed by atoms with van der Waals surface area (Å²) in [4.78, 5) is 11.0. The van der Waals surface area contributed by atoms with Crippen LogP contribution in [0.2, 0.25) is 5.02 Å². The minimum absolute atomic E-state index is 0.00310. The van der Waals surface area contributed by atoms with Gasteiger partial charge in [0, 0.05) is 54.7 Å². The third-order valence-electron chi connectivity index (χ3n) is 7.81. The Kier molecular flexibility index (Phi) is 15.3. The first-order chi connectivity index (χ1) is 25.4. The second kappa shape index (κ2) is 19.0. The molecule has 0 atom stereocenters. The van der Waals surface area contributed by atoms with E-state index in [4.69, 9.17) is 31.8 Å². The molecular formula is C33H37Cl2N3O12S4. The van der Waals surface area contributed by atoms with Crippen LogP contribution in [0.25, 0.3) is 0 Å². The van der Waals surface area contributed by atoms with Gasteiger partial charge in [0.05, 0.1) is 64.4 Å². The van der Waals surface area contributed by atoms with E-state index in [-0.39, 0.29) is 63.8 Å². The predicted molar refractivity (Wildman–Crippen MR) is 200 cm³/mol. The molecule has 2 heterocycles. The number of esters is 1. The smallest absolute Gasteiger partial charge is 0.305 e. The molecule has 0 aromatic heterocycles. The largest absolute Gasteiger partial charge is 0.469 e. The summed E-state index contributed by atoms with van der Waals surface area (Å²) in [5.41, 5.74) is 0.588. The van der Waals surface area contributed by atoms with E-state index in [0.29, 0.717) is 49.9 Å². The van der Waals surface area contributed by atoms with Crippen LogP contribution in [0.3, 0.4) is 0 Å². The molecule has 2 aliphatic rings. The van der Waals surface area contributed by atoms with Crippen LogP contribution < -0.4 is 4.72 Å². The Morgan fingerprint density at radius 1 is 0.741 bits per heavy atom. The zero-order valence-corrected chi connectivity index (χ0v) is 33.6. The highest BCUT2D eigenvalue weighted by Crippen LogP contribution is 2.25. The van der Waals surface area contributed by atoms with Crippen molar-refractivity contribution in [1.82, 2.24) is 8.61 Å². The highest BCUT2D eigenvalue weighted by atomic mass is 35.7. The second-order valence-corrected chi connectivity index (χ2v) is 20.0. The molecule has 0 unspecified atom stereocenters. The lowest BCUT2D eigenvalue weighted by Gasteiger charge is -2.26. The number of sulfonamides is 3. The summed E-state index contributed by atoms with van der Waals surface area (Å²) in [6.07, 6.45) is 1.14. The second-order valence-electron chi connectivity index (χ2n) is 11.4. The zero-order valence-electron chi connectivity index (χ0n) is 28.8. The monoisotopic (exact) mass is 865 g/mol. The van der Waals surface area contributed by atoms with Gasteiger partial charge in [-0.25, -0.2) is 33.7 Å². The van der Waals surface area contributed by atoms with Gasteiger partial charge in [-0.2, -0.15) is 8.61 Å². The molecular weight excluding hydrogens is 830 g/mol. The lowest BCUT2D eigenvalue weighted by atomic mass is 10.1. The number of ether oxygens (including phenoxy) is 3. The van der Waals surface area contributed by atoms with E-state index in [2.05, 4.69) is 21.3 Å². The molecule has 0 saturated carbocycles. The molecule has 294 valence electrons. The van der Waals surface area contributed by atoms with Crippen molar-refractivity contribution >= 4 is 73.1 Å². The van der Waals surface area contributed by atoms with Gasteiger partial charge in [-0.3, -0.25) is 9.52 Å². The summed E-state index contributed by atoms with van der Waals surface area (Å²) in [6.45, 7) is 2.40. The molecule has 0 amide bonds. The SMILES string of the molecule is COC(=O)CCCC#Cc1cc(Cl)ccc1NS(=O)(=O)c1ccc(S(=O)(=O)N2CCOCC2)cc1.O=S(=O)(Cl)c1ccc(S(=O)(=O)N2CCOCC2)cc1. The number of morpholine rings is 2. The molecule has 3 aromatic carbocycles. The molecule has 2 aliphatic heterocycles. The lowest BCUT2D eigenvalue weighted by molar-refractivity contribution is -0.140. The number of rotatable bonds is 11. The first-order valence-corrected chi connectivity index (χ1v) is 23.2. The normalized spacial score (nSPS) is 15.9. The molecule has 2 saturated heterocycles. The van der Waals surface area contributed by atoms with E-state index in [0.717, 1.165) is 0 Å². The summed E-state index contributed by atoms with van der Waals surface area (Å²) in [6, 6.07) is 14.4. The van der Waals surface area contributed by atoms with E-state index in [1.165, 1.54) is 82.5 Å². The minimum Gasteiger partial charge on any atom is -0.469 e.